The van der Waals surface area contributed by atoms with Gasteiger partial charge in [0, 0.05) is 5.71 Å². The molecule has 1 N–H and O–H groups in total. The van der Waals surface area contributed by atoms with Gasteiger partial charge in [-0.1, -0.05) is 36.4 Å². The average Bonchev–Trinajstić information content (AvgIpc) is 2.47. The van der Waals surface area contributed by atoms with Crippen molar-refractivity contribution in [1.29, 1.82) is 0 Å². The molecule has 0 fully saturated rings. The maximum atomic E-state index is 11.4. The highest BCUT2D eigenvalue weighted by atomic mass is 32.2. The first-order chi connectivity index (χ1) is 10.1. The Kier molecular flexibility index (Phi) is 3.61. The molecular formula is C16H15NO3S. The third kappa shape index (κ3) is 2.89. The Labute approximate surface area is 123 Å². The van der Waals surface area contributed by atoms with E-state index in [2.05, 4.69) is 11.1 Å². The lowest BCUT2D eigenvalue weighted by Crippen LogP contribution is -2.11. The number of rotatable bonds is 2. The van der Waals surface area contributed by atoms with Crippen LogP contribution in [0.1, 0.15) is 24.0 Å². The van der Waals surface area contributed by atoms with Crippen LogP contribution < -0.4 is 0 Å². The normalized spacial score (nSPS) is 16.7. The van der Waals surface area contributed by atoms with E-state index in [1.807, 2.05) is 18.2 Å². The van der Waals surface area contributed by atoms with E-state index in [0.29, 0.717) is 0 Å². The number of aryl methyl sites for hydroxylation is 1. The van der Waals surface area contributed by atoms with Gasteiger partial charge >= 0.3 is 0 Å². The number of hydrogen-bond donors (Lipinski definition) is 1. The van der Waals surface area contributed by atoms with Crippen molar-refractivity contribution in [2.24, 2.45) is 4.99 Å². The standard InChI is InChI=1S/C16H15NO3S/c18-21(19,20)16-11-4-3-9-15(16)17-14-10-5-7-12-6-1-2-8-13(12)14/h1-4,6,8-9,11H,5,7,10H2,(H,18,19,20). The fourth-order valence-corrected chi connectivity index (χ4v) is 3.26. The fourth-order valence-electron chi connectivity index (χ4n) is 2.63. The van der Waals surface area contributed by atoms with E-state index in [9.17, 15) is 13.0 Å². The Morgan fingerprint density at radius 2 is 1.67 bits per heavy atom. The van der Waals surface area contributed by atoms with Crippen molar-refractivity contribution in [3.8, 4) is 0 Å². The predicted octanol–water partition coefficient (Wildman–Crippen LogP) is 3.39. The van der Waals surface area contributed by atoms with E-state index in [1.54, 1.807) is 18.2 Å². The third-order valence-electron chi connectivity index (χ3n) is 3.59. The second-order valence-corrected chi connectivity index (χ2v) is 6.40. The molecule has 0 unspecified atom stereocenters. The van der Waals surface area contributed by atoms with Gasteiger partial charge in [-0.05, 0) is 42.5 Å². The first-order valence-electron chi connectivity index (χ1n) is 6.78. The van der Waals surface area contributed by atoms with Gasteiger partial charge in [-0.25, -0.2) is 0 Å². The predicted molar refractivity (Wildman–Crippen MR) is 81.8 cm³/mol. The van der Waals surface area contributed by atoms with Crippen LogP contribution in [0.25, 0.3) is 0 Å². The van der Waals surface area contributed by atoms with Gasteiger partial charge in [-0.3, -0.25) is 9.55 Å². The molecule has 21 heavy (non-hydrogen) atoms. The SMILES string of the molecule is O=S(=O)(O)c1ccccc1N=C1CCCc2ccccc21. The molecule has 2 aromatic rings. The lowest BCUT2D eigenvalue weighted by molar-refractivity contribution is 0.483. The number of fused-ring (bicyclic) bond motifs is 1. The summed E-state index contributed by atoms with van der Waals surface area (Å²) in [7, 11) is -4.27. The van der Waals surface area contributed by atoms with Crippen molar-refractivity contribution < 1.29 is 13.0 Å². The lowest BCUT2D eigenvalue weighted by Gasteiger charge is -2.18. The van der Waals surface area contributed by atoms with Gasteiger partial charge < -0.3 is 0 Å². The van der Waals surface area contributed by atoms with Crippen LogP contribution >= 0.6 is 0 Å². The summed E-state index contributed by atoms with van der Waals surface area (Å²) in [6, 6.07) is 14.3. The van der Waals surface area contributed by atoms with Crippen LogP contribution in [0.3, 0.4) is 0 Å². The van der Waals surface area contributed by atoms with Crippen LogP contribution in [-0.4, -0.2) is 18.7 Å². The first-order valence-corrected chi connectivity index (χ1v) is 8.22. The first kappa shape index (κ1) is 14.0. The van der Waals surface area contributed by atoms with Crippen LogP contribution in [0.5, 0.6) is 0 Å². The van der Waals surface area contributed by atoms with Crippen molar-refractivity contribution in [2.45, 2.75) is 24.2 Å². The Morgan fingerprint density at radius 1 is 0.952 bits per heavy atom. The maximum Gasteiger partial charge on any atom is 0.296 e. The maximum absolute atomic E-state index is 11.4. The van der Waals surface area contributed by atoms with E-state index < -0.39 is 10.1 Å². The van der Waals surface area contributed by atoms with Crippen LogP contribution in [0, 0.1) is 0 Å². The smallest absolute Gasteiger partial charge is 0.282 e. The molecule has 0 saturated heterocycles. The Balaban J connectivity index is 2.13. The molecule has 108 valence electrons. The Bertz CT molecular complexity index is 810. The van der Waals surface area contributed by atoms with E-state index >= 15 is 0 Å². The molecule has 1 aliphatic carbocycles. The molecule has 0 radical (unpaired) electrons. The van der Waals surface area contributed by atoms with Gasteiger partial charge in [0.1, 0.15) is 4.90 Å². The number of para-hydroxylation sites is 1. The van der Waals surface area contributed by atoms with Crippen LogP contribution in [0.15, 0.2) is 58.4 Å². The quantitative estimate of drug-likeness (QED) is 0.865. The molecule has 1 aliphatic rings. The molecule has 0 bridgehead atoms. The topological polar surface area (TPSA) is 66.7 Å². The molecule has 0 heterocycles. The van der Waals surface area contributed by atoms with Gasteiger partial charge in [0.2, 0.25) is 0 Å². The van der Waals surface area contributed by atoms with Crippen LogP contribution in [-0.2, 0) is 16.5 Å². The zero-order chi connectivity index (χ0) is 14.9. The zero-order valence-electron chi connectivity index (χ0n) is 11.4. The number of benzene rings is 2. The fraction of sp³-hybridized carbons (Fsp3) is 0.188. The molecule has 4 nitrogen and oxygen atoms in total. The summed E-state index contributed by atoms with van der Waals surface area (Å²) in [6.45, 7) is 0. The van der Waals surface area contributed by atoms with E-state index in [1.165, 1.54) is 11.6 Å². The third-order valence-corrected chi connectivity index (χ3v) is 4.49. The Morgan fingerprint density at radius 3 is 2.48 bits per heavy atom. The number of hydrogen-bond acceptors (Lipinski definition) is 3. The molecular weight excluding hydrogens is 286 g/mol. The molecule has 0 aliphatic heterocycles. The van der Waals surface area contributed by atoms with Gasteiger partial charge in [0.25, 0.3) is 10.1 Å². The zero-order valence-corrected chi connectivity index (χ0v) is 12.2. The number of aliphatic imine (C=N–C) groups is 1. The summed E-state index contributed by atoms with van der Waals surface area (Å²) >= 11 is 0. The minimum atomic E-state index is -4.27. The molecule has 0 atom stereocenters. The molecule has 0 spiro atoms. The summed E-state index contributed by atoms with van der Waals surface area (Å²) < 4.78 is 32.2. The van der Waals surface area contributed by atoms with Gasteiger partial charge in [0.15, 0.2) is 0 Å². The van der Waals surface area contributed by atoms with Crippen LogP contribution in [0.4, 0.5) is 5.69 Å². The minimum absolute atomic E-state index is 0.152. The highest BCUT2D eigenvalue weighted by Crippen LogP contribution is 2.28. The monoisotopic (exact) mass is 301 g/mol. The van der Waals surface area contributed by atoms with Gasteiger partial charge in [-0.2, -0.15) is 8.42 Å². The van der Waals surface area contributed by atoms with Crippen molar-refractivity contribution >= 4 is 21.5 Å². The van der Waals surface area contributed by atoms with Gasteiger partial charge in [0.05, 0.1) is 5.69 Å². The summed E-state index contributed by atoms with van der Waals surface area (Å²) in [5, 5.41) is 0. The highest BCUT2D eigenvalue weighted by Gasteiger charge is 2.18. The van der Waals surface area contributed by atoms with E-state index in [-0.39, 0.29) is 10.6 Å². The highest BCUT2D eigenvalue weighted by molar-refractivity contribution is 7.86. The lowest BCUT2D eigenvalue weighted by atomic mass is 9.90. The molecule has 0 saturated carbocycles. The molecule has 2 aromatic carbocycles. The van der Waals surface area contributed by atoms with Crippen LogP contribution in [0.2, 0.25) is 0 Å². The molecule has 5 heteroatoms. The largest absolute Gasteiger partial charge is 0.296 e. The number of nitrogens with zero attached hydrogens (tertiary/aromatic N) is 1. The summed E-state index contributed by atoms with van der Waals surface area (Å²) in [4.78, 5) is 4.35. The van der Waals surface area contributed by atoms with Gasteiger partial charge in [-0.15, -0.1) is 0 Å². The molecule has 3 rings (SSSR count). The van der Waals surface area contributed by atoms with E-state index in [0.717, 1.165) is 30.5 Å². The second-order valence-electron chi connectivity index (χ2n) is 5.01. The Hall–Kier alpha value is -1.98. The minimum Gasteiger partial charge on any atom is -0.282 e. The summed E-state index contributed by atoms with van der Waals surface area (Å²) in [6.07, 6.45) is 2.80. The van der Waals surface area contributed by atoms with Crippen molar-refractivity contribution in [1.82, 2.24) is 0 Å². The summed E-state index contributed by atoms with van der Waals surface area (Å²) in [5.41, 5.74) is 3.44. The summed E-state index contributed by atoms with van der Waals surface area (Å²) in [5.74, 6) is 0. The van der Waals surface area contributed by atoms with Crippen molar-refractivity contribution in [2.75, 3.05) is 0 Å². The van der Waals surface area contributed by atoms with E-state index in [4.69, 9.17) is 0 Å². The average molecular weight is 301 g/mol. The van der Waals surface area contributed by atoms with Crippen molar-refractivity contribution in [3.05, 3.63) is 59.7 Å². The molecule has 0 amide bonds. The van der Waals surface area contributed by atoms with Crippen molar-refractivity contribution in [3.63, 3.8) is 0 Å². The second kappa shape index (κ2) is 5.42. The molecule has 0 aromatic heterocycles.